The summed E-state index contributed by atoms with van der Waals surface area (Å²) in [6, 6.07) is 5.38. The Bertz CT molecular complexity index is 581. The standard InChI is InChI=1S/C18H26ClNO4/c1-12-11-14(19)8-9-15(12)23-10-6-7-16(21)24-13(2)17(22)20-18(3,4)5/h8-9,11,13H,6-7,10H2,1-5H3,(H,20,22). The minimum Gasteiger partial charge on any atom is -0.493 e. The van der Waals surface area contributed by atoms with E-state index in [1.807, 2.05) is 33.8 Å². The Morgan fingerprint density at radius 1 is 1.29 bits per heavy atom. The van der Waals surface area contributed by atoms with Crippen molar-refractivity contribution in [1.29, 1.82) is 0 Å². The molecule has 1 aromatic carbocycles. The Hall–Kier alpha value is -1.75. The fourth-order valence-electron chi connectivity index (χ4n) is 1.95. The van der Waals surface area contributed by atoms with Crippen molar-refractivity contribution in [3.05, 3.63) is 28.8 Å². The van der Waals surface area contributed by atoms with E-state index in [4.69, 9.17) is 21.1 Å². The molecule has 0 saturated carbocycles. The van der Waals surface area contributed by atoms with E-state index in [1.54, 1.807) is 19.1 Å². The smallest absolute Gasteiger partial charge is 0.306 e. The Morgan fingerprint density at radius 2 is 1.96 bits per heavy atom. The topological polar surface area (TPSA) is 64.6 Å². The van der Waals surface area contributed by atoms with Gasteiger partial charge < -0.3 is 14.8 Å². The van der Waals surface area contributed by atoms with Gasteiger partial charge in [0.05, 0.1) is 6.61 Å². The van der Waals surface area contributed by atoms with Gasteiger partial charge in [-0.2, -0.15) is 0 Å². The molecule has 0 fully saturated rings. The number of benzene rings is 1. The van der Waals surface area contributed by atoms with E-state index in [-0.39, 0.29) is 17.9 Å². The molecule has 0 bridgehead atoms. The molecule has 1 unspecified atom stereocenters. The van der Waals surface area contributed by atoms with Crippen molar-refractivity contribution in [2.24, 2.45) is 0 Å². The molecule has 0 aliphatic heterocycles. The molecular formula is C18H26ClNO4. The molecule has 0 aromatic heterocycles. The quantitative estimate of drug-likeness (QED) is 0.599. The molecule has 5 nitrogen and oxygen atoms in total. The minimum absolute atomic E-state index is 0.194. The van der Waals surface area contributed by atoms with E-state index in [0.29, 0.717) is 18.1 Å². The van der Waals surface area contributed by atoms with Gasteiger partial charge in [-0.15, -0.1) is 0 Å². The molecule has 24 heavy (non-hydrogen) atoms. The van der Waals surface area contributed by atoms with Crippen LogP contribution in [-0.2, 0) is 14.3 Å². The van der Waals surface area contributed by atoms with Crippen molar-refractivity contribution in [2.75, 3.05) is 6.61 Å². The predicted molar refractivity (Wildman–Crippen MR) is 94.4 cm³/mol. The van der Waals surface area contributed by atoms with Crippen molar-refractivity contribution in [3.63, 3.8) is 0 Å². The molecule has 1 aromatic rings. The molecule has 0 saturated heterocycles. The number of aryl methyl sites for hydroxylation is 1. The molecule has 0 aliphatic rings. The summed E-state index contributed by atoms with van der Waals surface area (Å²) in [4.78, 5) is 23.6. The van der Waals surface area contributed by atoms with E-state index in [0.717, 1.165) is 11.3 Å². The summed E-state index contributed by atoms with van der Waals surface area (Å²) in [5.41, 5.74) is 0.583. The first-order chi connectivity index (χ1) is 11.1. The second-order valence-corrected chi connectivity index (χ2v) is 7.17. The van der Waals surface area contributed by atoms with E-state index >= 15 is 0 Å². The van der Waals surface area contributed by atoms with Crippen LogP contribution in [0.25, 0.3) is 0 Å². The van der Waals surface area contributed by atoms with E-state index in [1.165, 1.54) is 0 Å². The number of nitrogens with one attached hydrogen (secondary N) is 1. The number of ether oxygens (including phenoxy) is 2. The molecule has 0 spiro atoms. The third kappa shape index (κ3) is 7.68. The minimum atomic E-state index is -0.809. The lowest BCUT2D eigenvalue weighted by atomic mass is 10.1. The van der Waals surface area contributed by atoms with Crippen LogP contribution in [0.2, 0.25) is 5.02 Å². The average molecular weight is 356 g/mol. The van der Waals surface area contributed by atoms with Gasteiger partial charge in [0.1, 0.15) is 5.75 Å². The van der Waals surface area contributed by atoms with Gasteiger partial charge in [0, 0.05) is 17.0 Å². The van der Waals surface area contributed by atoms with Crippen LogP contribution in [0.1, 0.15) is 46.1 Å². The molecule has 1 amide bonds. The van der Waals surface area contributed by atoms with Crippen LogP contribution < -0.4 is 10.1 Å². The maximum absolute atomic E-state index is 11.9. The molecule has 1 atom stereocenters. The zero-order valence-electron chi connectivity index (χ0n) is 14.9. The summed E-state index contributed by atoms with van der Waals surface area (Å²) < 4.78 is 10.7. The van der Waals surface area contributed by atoms with Gasteiger partial charge in [-0.1, -0.05) is 11.6 Å². The van der Waals surface area contributed by atoms with Crippen molar-refractivity contribution >= 4 is 23.5 Å². The molecule has 0 aliphatic carbocycles. The van der Waals surface area contributed by atoms with Gasteiger partial charge in [-0.3, -0.25) is 9.59 Å². The van der Waals surface area contributed by atoms with Crippen LogP contribution in [0.5, 0.6) is 5.75 Å². The van der Waals surface area contributed by atoms with Crippen LogP contribution in [0.15, 0.2) is 18.2 Å². The summed E-state index contributed by atoms with van der Waals surface area (Å²) in [5, 5.41) is 3.43. The highest BCUT2D eigenvalue weighted by atomic mass is 35.5. The van der Waals surface area contributed by atoms with E-state index in [9.17, 15) is 9.59 Å². The average Bonchev–Trinajstić information content (AvgIpc) is 2.43. The number of halogens is 1. The van der Waals surface area contributed by atoms with Gasteiger partial charge in [0.25, 0.3) is 5.91 Å². The second-order valence-electron chi connectivity index (χ2n) is 6.73. The lowest BCUT2D eigenvalue weighted by molar-refractivity contribution is -0.155. The Labute approximate surface area is 148 Å². The van der Waals surface area contributed by atoms with E-state index in [2.05, 4.69) is 5.32 Å². The summed E-state index contributed by atoms with van der Waals surface area (Å²) in [7, 11) is 0. The second kappa shape index (κ2) is 8.92. The van der Waals surface area contributed by atoms with Crippen LogP contribution in [0.4, 0.5) is 0 Å². The van der Waals surface area contributed by atoms with Gasteiger partial charge in [-0.25, -0.2) is 0 Å². The monoisotopic (exact) mass is 355 g/mol. The molecule has 0 heterocycles. The first kappa shape index (κ1) is 20.3. The SMILES string of the molecule is Cc1cc(Cl)ccc1OCCCC(=O)OC(C)C(=O)NC(C)(C)C. The van der Waals surface area contributed by atoms with Crippen LogP contribution >= 0.6 is 11.6 Å². The van der Waals surface area contributed by atoms with Crippen molar-refractivity contribution in [1.82, 2.24) is 5.32 Å². The van der Waals surface area contributed by atoms with Gasteiger partial charge in [0.15, 0.2) is 6.10 Å². The molecule has 6 heteroatoms. The van der Waals surface area contributed by atoms with Crippen LogP contribution in [0, 0.1) is 6.92 Å². The molecule has 1 N–H and O–H groups in total. The highest BCUT2D eigenvalue weighted by Crippen LogP contribution is 2.21. The molecule has 1 rings (SSSR count). The lowest BCUT2D eigenvalue weighted by Gasteiger charge is -2.23. The predicted octanol–water partition coefficient (Wildman–Crippen LogP) is 3.65. The number of rotatable bonds is 7. The van der Waals surface area contributed by atoms with Gasteiger partial charge in [-0.05, 0) is 64.8 Å². The highest BCUT2D eigenvalue weighted by molar-refractivity contribution is 6.30. The fraction of sp³-hybridized carbons (Fsp3) is 0.556. The number of esters is 1. The fourth-order valence-corrected chi connectivity index (χ4v) is 2.18. The molecule has 134 valence electrons. The Kier molecular flexibility index (Phi) is 7.55. The Morgan fingerprint density at radius 3 is 2.54 bits per heavy atom. The van der Waals surface area contributed by atoms with Crippen LogP contribution in [0.3, 0.4) is 0 Å². The first-order valence-corrected chi connectivity index (χ1v) is 8.37. The summed E-state index contributed by atoms with van der Waals surface area (Å²) in [5.74, 6) is 0.0255. The number of hydrogen-bond donors (Lipinski definition) is 1. The number of carbonyl (C=O) groups excluding carboxylic acids is 2. The van der Waals surface area contributed by atoms with Crippen LogP contribution in [-0.4, -0.2) is 30.1 Å². The maximum Gasteiger partial charge on any atom is 0.306 e. The summed E-state index contributed by atoms with van der Waals surface area (Å²) in [6.45, 7) is 9.47. The molecule has 0 radical (unpaired) electrons. The third-order valence-electron chi connectivity index (χ3n) is 3.10. The normalized spacial score (nSPS) is 12.4. The highest BCUT2D eigenvalue weighted by Gasteiger charge is 2.22. The van der Waals surface area contributed by atoms with Crippen molar-refractivity contribution < 1.29 is 19.1 Å². The zero-order chi connectivity index (χ0) is 18.3. The number of hydrogen-bond acceptors (Lipinski definition) is 4. The summed E-state index contributed by atoms with van der Waals surface area (Å²) in [6.07, 6.45) is -0.106. The zero-order valence-corrected chi connectivity index (χ0v) is 15.7. The van der Waals surface area contributed by atoms with Crippen molar-refractivity contribution in [3.8, 4) is 5.75 Å². The van der Waals surface area contributed by atoms with Gasteiger partial charge >= 0.3 is 5.97 Å². The first-order valence-electron chi connectivity index (χ1n) is 7.99. The molecular weight excluding hydrogens is 330 g/mol. The lowest BCUT2D eigenvalue weighted by Crippen LogP contribution is -2.46. The van der Waals surface area contributed by atoms with Crippen molar-refractivity contribution in [2.45, 2.75) is 59.1 Å². The third-order valence-corrected chi connectivity index (χ3v) is 3.33. The van der Waals surface area contributed by atoms with E-state index < -0.39 is 12.1 Å². The summed E-state index contributed by atoms with van der Waals surface area (Å²) >= 11 is 5.88. The number of carbonyl (C=O) groups is 2. The maximum atomic E-state index is 11.9. The number of amides is 1. The largest absolute Gasteiger partial charge is 0.493 e. The Balaban J connectivity index is 2.30. The van der Waals surface area contributed by atoms with Gasteiger partial charge in [0.2, 0.25) is 0 Å².